The molecule has 1 spiro atoms. The maximum atomic E-state index is 6.26. The summed E-state index contributed by atoms with van der Waals surface area (Å²) in [6.45, 7) is 4.48. The van der Waals surface area contributed by atoms with Crippen LogP contribution in [-0.2, 0) is 32.5 Å². The molecule has 0 aromatic heterocycles. The van der Waals surface area contributed by atoms with Crippen molar-refractivity contribution < 1.29 is 23.7 Å². The summed E-state index contributed by atoms with van der Waals surface area (Å²) in [6, 6.07) is 13.0. The Bertz CT molecular complexity index is 806. The Balaban J connectivity index is 1.50. The summed E-state index contributed by atoms with van der Waals surface area (Å²) >= 11 is 0. The highest BCUT2D eigenvalue weighted by Gasteiger charge is 2.48. The van der Waals surface area contributed by atoms with E-state index < -0.39 is 0 Å². The third kappa shape index (κ3) is 3.70. The van der Waals surface area contributed by atoms with Crippen molar-refractivity contribution in [1.82, 2.24) is 0 Å². The summed E-state index contributed by atoms with van der Waals surface area (Å²) < 4.78 is 29.4. The van der Waals surface area contributed by atoms with Gasteiger partial charge in [0.25, 0.3) is 0 Å². The van der Waals surface area contributed by atoms with E-state index in [0.717, 1.165) is 37.2 Å². The van der Waals surface area contributed by atoms with Crippen LogP contribution in [0.15, 0.2) is 36.4 Å². The number of rotatable bonds is 0. The number of benzene rings is 2. The van der Waals surface area contributed by atoms with Crippen molar-refractivity contribution >= 4 is 0 Å². The lowest BCUT2D eigenvalue weighted by Crippen LogP contribution is -2.24. The molecule has 0 bridgehead atoms. The maximum Gasteiger partial charge on any atom is 0.123 e. The van der Waals surface area contributed by atoms with Crippen LogP contribution in [0.5, 0.6) is 11.5 Å². The molecule has 5 rings (SSSR count). The molecule has 160 valence electrons. The van der Waals surface area contributed by atoms with E-state index >= 15 is 0 Å². The van der Waals surface area contributed by atoms with Gasteiger partial charge in [-0.2, -0.15) is 0 Å². The van der Waals surface area contributed by atoms with Gasteiger partial charge in [-0.15, -0.1) is 0 Å². The van der Waals surface area contributed by atoms with E-state index in [1.54, 1.807) is 0 Å². The van der Waals surface area contributed by atoms with E-state index in [1.165, 1.54) is 22.3 Å². The molecule has 2 aliphatic carbocycles. The van der Waals surface area contributed by atoms with Crippen LogP contribution in [0.1, 0.15) is 35.1 Å². The van der Waals surface area contributed by atoms with E-state index in [9.17, 15) is 0 Å². The summed E-state index contributed by atoms with van der Waals surface area (Å²) in [5.74, 6) is 1.99. The van der Waals surface area contributed by atoms with Gasteiger partial charge < -0.3 is 23.7 Å². The van der Waals surface area contributed by atoms with Crippen LogP contribution in [0.3, 0.4) is 0 Å². The Kier molecular flexibility index (Phi) is 5.93. The van der Waals surface area contributed by atoms with Gasteiger partial charge in [0.1, 0.15) is 24.7 Å². The fourth-order valence-corrected chi connectivity index (χ4v) is 5.31. The molecule has 30 heavy (non-hydrogen) atoms. The average Bonchev–Trinajstić information content (AvgIpc) is 3.34. The molecular weight excluding hydrogens is 380 g/mol. The lowest BCUT2D eigenvalue weighted by molar-refractivity contribution is 0.00468. The minimum Gasteiger partial charge on any atom is -0.491 e. The van der Waals surface area contributed by atoms with Crippen molar-refractivity contribution in [2.24, 2.45) is 0 Å². The smallest absolute Gasteiger partial charge is 0.123 e. The Morgan fingerprint density at radius 1 is 0.533 bits per heavy atom. The molecule has 3 aliphatic rings. The van der Waals surface area contributed by atoms with Crippen LogP contribution in [0.4, 0.5) is 0 Å². The molecule has 0 saturated heterocycles. The van der Waals surface area contributed by atoms with Gasteiger partial charge in [0.05, 0.1) is 39.6 Å². The van der Waals surface area contributed by atoms with Gasteiger partial charge >= 0.3 is 0 Å². The molecule has 1 heterocycles. The van der Waals surface area contributed by atoms with Crippen LogP contribution >= 0.6 is 0 Å². The van der Waals surface area contributed by atoms with Gasteiger partial charge in [-0.05, 0) is 48.9 Å². The van der Waals surface area contributed by atoms with Crippen molar-refractivity contribution in [3.63, 3.8) is 0 Å². The number of hydrogen-bond acceptors (Lipinski definition) is 5. The van der Waals surface area contributed by atoms with E-state index in [2.05, 4.69) is 36.4 Å². The van der Waals surface area contributed by atoms with Crippen molar-refractivity contribution in [3.05, 3.63) is 58.7 Å². The van der Waals surface area contributed by atoms with Crippen LogP contribution in [0.25, 0.3) is 0 Å². The number of hydrogen-bond donors (Lipinski definition) is 0. The Hall–Kier alpha value is -2.08. The first-order valence-corrected chi connectivity index (χ1v) is 11.1. The summed E-state index contributed by atoms with van der Waals surface area (Å²) in [5, 5.41) is 0. The van der Waals surface area contributed by atoms with Crippen LogP contribution < -0.4 is 9.47 Å². The summed E-state index contributed by atoms with van der Waals surface area (Å²) in [7, 11) is 0. The number of ether oxygens (including phenoxy) is 5. The van der Waals surface area contributed by atoms with E-state index in [1.807, 2.05) is 0 Å². The second kappa shape index (κ2) is 8.96. The third-order valence-corrected chi connectivity index (χ3v) is 6.54. The Morgan fingerprint density at radius 3 is 1.43 bits per heavy atom. The zero-order chi connectivity index (χ0) is 20.2. The molecule has 0 saturated carbocycles. The minimum absolute atomic E-state index is 0.0150. The highest BCUT2D eigenvalue weighted by molar-refractivity contribution is 5.62. The average molecular weight is 411 g/mol. The summed E-state index contributed by atoms with van der Waals surface area (Å²) in [4.78, 5) is 0. The van der Waals surface area contributed by atoms with Gasteiger partial charge in [0.2, 0.25) is 0 Å². The Morgan fingerprint density at radius 2 is 0.967 bits per heavy atom. The lowest BCUT2D eigenvalue weighted by atomic mass is 9.76. The van der Waals surface area contributed by atoms with Crippen molar-refractivity contribution in [2.45, 2.75) is 31.1 Å². The summed E-state index contributed by atoms with van der Waals surface area (Å²) in [5.41, 5.74) is 5.52. The topological polar surface area (TPSA) is 46.2 Å². The normalized spacial score (nSPS) is 21.5. The van der Waals surface area contributed by atoms with Gasteiger partial charge in [0.15, 0.2) is 0 Å². The quantitative estimate of drug-likeness (QED) is 0.663. The van der Waals surface area contributed by atoms with Crippen LogP contribution in [0, 0.1) is 0 Å². The molecule has 0 atom stereocenters. The first kappa shape index (κ1) is 19.9. The maximum absolute atomic E-state index is 6.26. The first-order chi connectivity index (χ1) is 14.9. The number of aryl methyl sites for hydroxylation is 2. The molecule has 0 radical (unpaired) electrons. The second-order valence-corrected chi connectivity index (χ2v) is 8.20. The van der Waals surface area contributed by atoms with Crippen molar-refractivity contribution in [1.29, 1.82) is 0 Å². The van der Waals surface area contributed by atoms with E-state index in [0.29, 0.717) is 52.9 Å². The van der Waals surface area contributed by atoms with E-state index in [4.69, 9.17) is 23.7 Å². The van der Waals surface area contributed by atoms with Crippen molar-refractivity contribution in [2.75, 3.05) is 52.9 Å². The molecule has 2 aromatic rings. The van der Waals surface area contributed by atoms with Gasteiger partial charge in [-0.25, -0.2) is 0 Å². The monoisotopic (exact) mass is 410 g/mol. The SMILES string of the molecule is c1cc2c3c(c1)OCCOCCOCCOCCOc1cccc4c1C3(CC2)CC4. The van der Waals surface area contributed by atoms with Crippen LogP contribution in [0.2, 0.25) is 0 Å². The molecular formula is C25H30O5. The zero-order valence-corrected chi connectivity index (χ0v) is 17.5. The van der Waals surface area contributed by atoms with E-state index in [-0.39, 0.29) is 5.41 Å². The predicted octanol–water partition coefficient (Wildman–Crippen LogP) is 3.69. The second-order valence-electron chi connectivity index (χ2n) is 8.20. The Labute approximate surface area is 178 Å². The highest BCUT2D eigenvalue weighted by Crippen LogP contribution is 2.57. The largest absolute Gasteiger partial charge is 0.491 e. The molecule has 0 fully saturated rings. The molecule has 0 N–H and O–H groups in total. The molecule has 5 nitrogen and oxygen atoms in total. The highest BCUT2D eigenvalue weighted by atomic mass is 16.6. The molecule has 2 aromatic carbocycles. The fourth-order valence-electron chi connectivity index (χ4n) is 5.31. The third-order valence-electron chi connectivity index (χ3n) is 6.54. The van der Waals surface area contributed by atoms with Crippen molar-refractivity contribution in [3.8, 4) is 11.5 Å². The molecule has 5 heteroatoms. The van der Waals surface area contributed by atoms with Crippen LogP contribution in [-0.4, -0.2) is 52.9 Å². The van der Waals surface area contributed by atoms with Gasteiger partial charge in [-0.3, -0.25) is 0 Å². The fraction of sp³-hybridized carbons (Fsp3) is 0.520. The van der Waals surface area contributed by atoms with Gasteiger partial charge in [-0.1, -0.05) is 24.3 Å². The first-order valence-electron chi connectivity index (χ1n) is 11.1. The standard InChI is InChI=1S/C25H30O5/c1-3-19-7-9-25-10-8-20-4-2-6-22(24(20)25)30-18-16-28-14-12-26-11-13-27-15-17-29-21(5-1)23(19)25/h1-6H,7-18H2. The lowest BCUT2D eigenvalue weighted by Gasteiger charge is -2.30. The molecule has 1 aliphatic heterocycles. The molecule has 0 amide bonds. The zero-order valence-electron chi connectivity index (χ0n) is 17.5. The summed E-state index contributed by atoms with van der Waals surface area (Å²) in [6.07, 6.45) is 4.38. The predicted molar refractivity (Wildman–Crippen MR) is 114 cm³/mol. The van der Waals surface area contributed by atoms with Gasteiger partial charge in [0, 0.05) is 16.5 Å². The minimum atomic E-state index is -0.0150. The molecule has 0 unspecified atom stereocenters.